The first-order chi connectivity index (χ1) is 20.1. The van der Waals surface area contributed by atoms with Crippen LogP contribution in [0.15, 0.2) is 49.3 Å². The predicted octanol–water partition coefficient (Wildman–Crippen LogP) is 5.97. The molecule has 1 aliphatic carbocycles. The average molecular weight is 615 g/mol. The molecule has 1 aliphatic rings. The molecule has 1 saturated carbocycles. The number of hydrogen-bond donors (Lipinski definition) is 3. The summed E-state index contributed by atoms with van der Waals surface area (Å²) in [6, 6.07) is 8.40. The highest BCUT2D eigenvalue weighted by Crippen LogP contribution is 2.44. The fourth-order valence-electron chi connectivity index (χ4n) is 4.13. The van der Waals surface area contributed by atoms with Gasteiger partial charge in [-0.1, -0.05) is 35.8 Å². The monoisotopic (exact) mass is 613 g/mol. The fourth-order valence-corrected chi connectivity index (χ4v) is 4.73. The van der Waals surface area contributed by atoms with Gasteiger partial charge >= 0.3 is 6.03 Å². The minimum atomic E-state index is -0.481. The highest BCUT2D eigenvalue weighted by molar-refractivity contribution is 6.41. The zero-order valence-corrected chi connectivity index (χ0v) is 25.3. The number of anilines is 5. The number of urea groups is 1. The summed E-state index contributed by atoms with van der Waals surface area (Å²) in [5.41, 5.74) is 2.42. The summed E-state index contributed by atoms with van der Waals surface area (Å²) in [7, 11) is 6.93. The number of likely N-dealkylation sites (N-methyl/N-ethyl adjacent to an activating group) is 1. The van der Waals surface area contributed by atoms with Crippen LogP contribution in [-0.2, 0) is 11.2 Å². The van der Waals surface area contributed by atoms with E-state index in [-0.39, 0.29) is 27.7 Å². The van der Waals surface area contributed by atoms with Crippen molar-refractivity contribution in [1.82, 2.24) is 14.9 Å². The zero-order chi connectivity index (χ0) is 30.4. The molecule has 13 heteroatoms. The van der Waals surface area contributed by atoms with Crippen LogP contribution in [-0.4, -0.2) is 67.7 Å². The van der Waals surface area contributed by atoms with E-state index in [0.717, 1.165) is 31.4 Å². The van der Waals surface area contributed by atoms with Crippen LogP contribution < -0.4 is 30.3 Å². The van der Waals surface area contributed by atoms with E-state index in [1.165, 1.54) is 26.6 Å². The normalized spacial score (nSPS) is 12.5. The lowest BCUT2D eigenvalue weighted by molar-refractivity contribution is -0.111. The first kappa shape index (κ1) is 30.9. The molecule has 0 aliphatic heterocycles. The summed E-state index contributed by atoms with van der Waals surface area (Å²) in [6.07, 6.45) is 4.98. The van der Waals surface area contributed by atoms with E-state index in [1.54, 1.807) is 17.0 Å². The van der Waals surface area contributed by atoms with E-state index < -0.39 is 6.03 Å². The number of ether oxygens (including phenoxy) is 2. The van der Waals surface area contributed by atoms with Gasteiger partial charge in [0.25, 0.3) is 0 Å². The quantitative estimate of drug-likeness (QED) is 0.213. The summed E-state index contributed by atoms with van der Waals surface area (Å²) in [5.74, 6) is 1.05. The van der Waals surface area contributed by atoms with Crippen molar-refractivity contribution in [2.24, 2.45) is 0 Å². The highest BCUT2D eigenvalue weighted by atomic mass is 35.5. The van der Waals surface area contributed by atoms with Crippen molar-refractivity contribution < 1.29 is 19.1 Å². The largest absolute Gasteiger partial charge is 0.495 e. The van der Waals surface area contributed by atoms with Gasteiger partial charge < -0.3 is 30.3 Å². The van der Waals surface area contributed by atoms with Gasteiger partial charge in [0.15, 0.2) is 0 Å². The number of methoxy groups -OCH3 is 2. The maximum atomic E-state index is 13.6. The van der Waals surface area contributed by atoms with Crippen LogP contribution in [0, 0.1) is 0 Å². The second-order valence-corrected chi connectivity index (χ2v) is 10.6. The highest BCUT2D eigenvalue weighted by Gasteiger charge is 2.36. The fraction of sp³-hybridized carbons (Fsp3) is 0.310. The molecule has 3 aromatic rings. The number of nitrogens with one attached hydrogen (secondary N) is 3. The van der Waals surface area contributed by atoms with Crippen LogP contribution in [0.3, 0.4) is 0 Å². The van der Waals surface area contributed by atoms with Crippen LogP contribution in [0.4, 0.5) is 33.5 Å². The Labute approximate surface area is 254 Å². The Bertz CT molecular complexity index is 1450. The Kier molecular flexibility index (Phi) is 10.1. The van der Waals surface area contributed by atoms with E-state index in [1.807, 2.05) is 32.3 Å². The molecule has 0 radical (unpaired) electrons. The molecule has 1 heterocycles. The maximum absolute atomic E-state index is 13.6. The van der Waals surface area contributed by atoms with Gasteiger partial charge in [-0.15, -0.1) is 0 Å². The number of carbonyl (C=O) groups excluding carboxylic acids is 2. The molecule has 3 N–H and O–H groups in total. The van der Waals surface area contributed by atoms with Crippen LogP contribution in [0.1, 0.15) is 18.4 Å². The number of hydrogen-bond acceptors (Lipinski definition) is 8. The lowest BCUT2D eigenvalue weighted by Crippen LogP contribution is -2.37. The van der Waals surface area contributed by atoms with Gasteiger partial charge in [-0.25, -0.2) is 14.8 Å². The number of amides is 3. The van der Waals surface area contributed by atoms with Gasteiger partial charge in [-0.2, -0.15) is 0 Å². The number of halogens is 2. The molecular formula is C29H33Cl2N7O4. The molecule has 0 unspecified atom stereocenters. The van der Waals surface area contributed by atoms with E-state index >= 15 is 0 Å². The standard InChI is InChI=1S/C29H33Cl2N7O4/c1-6-25(39)35-19-10-7-17(11-12-37(2)3)13-20(19)34-23-15-24(33-16-32-23)38(18-8-9-18)29(40)36-28-26(30)21(41-4)14-22(42-5)27(28)31/h6-7,10,13-16,18H,1,8-9,11-12H2,2-5H3,(H,35,39)(H,36,40)(H,32,33,34). The summed E-state index contributed by atoms with van der Waals surface area (Å²) in [5, 5.41) is 9.18. The molecule has 0 bridgehead atoms. The second kappa shape index (κ2) is 13.7. The van der Waals surface area contributed by atoms with E-state index in [4.69, 9.17) is 32.7 Å². The lowest BCUT2D eigenvalue weighted by Gasteiger charge is -2.24. The van der Waals surface area contributed by atoms with Crippen molar-refractivity contribution >= 4 is 63.8 Å². The molecule has 1 fully saturated rings. The first-order valence-electron chi connectivity index (χ1n) is 13.2. The Morgan fingerprint density at radius 1 is 1.02 bits per heavy atom. The van der Waals surface area contributed by atoms with E-state index in [9.17, 15) is 9.59 Å². The maximum Gasteiger partial charge on any atom is 0.327 e. The molecule has 2 aromatic carbocycles. The smallest absolute Gasteiger partial charge is 0.327 e. The van der Waals surface area contributed by atoms with Crippen LogP contribution in [0.25, 0.3) is 0 Å². The van der Waals surface area contributed by atoms with Crippen molar-refractivity contribution in [3.8, 4) is 11.5 Å². The summed E-state index contributed by atoms with van der Waals surface area (Å²) in [6.45, 7) is 4.39. The molecule has 3 amide bonds. The molecular weight excluding hydrogens is 581 g/mol. The van der Waals surface area contributed by atoms with Crippen LogP contribution >= 0.6 is 23.2 Å². The van der Waals surface area contributed by atoms with Crippen molar-refractivity contribution in [2.45, 2.75) is 25.3 Å². The Morgan fingerprint density at radius 3 is 2.31 bits per heavy atom. The van der Waals surface area contributed by atoms with Crippen LogP contribution in [0.5, 0.6) is 11.5 Å². The minimum absolute atomic E-state index is 0.0744. The molecule has 222 valence electrons. The molecule has 42 heavy (non-hydrogen) atoms. The third-order valence-corrected chi connectivity index (χ3v) is 7.22. The van der Waals surface area contributed by atoms with Gasteiger partial charge in [0.05, 0.1) is 31.3 Å². The van der Waals surface area contributed by atoms with Gasteiger partial charge in [-0.05, 0) is 57.1 Å². The molecule has 11 nitrogen and oxygen atoms in total. The van der Waals surface area contributed by atoms with Gasteiger partial charge in [0.2, 0.25) is 5.91 Å². The van der Waals surface area contributed by atoms with Crippen molar-refractivity contribution in [3.05, 3.63) is 64.9 Å². The molecule has 0 atom stereocenters. The number of rotatable bonds is 12. The minimum Gasteiger partial charge on any atom is -0.495 e. The number of benzene rings is 2. The van der Waals surface area contributed by atoms with Gasteiger partial charge in [-0.3, -0.25) is 9.69 Å². The predicted molar refractivity (Wildman–Crippen MR) is 167 cm³/mol. The molecule has 1 aromatic heterocycles. The number of aromatic nitrogens is 2. The van der Waals surface area contributed by atoms with Crippen LogP contribution in [0.2, 0.25) is 10.0 Å². The molecule has 0 spiro atoms. The van der Waals surface area contributed by atoms with E-state index in [2.05, 4.69) is 37.4 Å². The average Bonchev–Trinajstić information content (AvgIpc) is 3.81. The Balaban J connectivity index is 1.63. The number of carbonyl (C=O) groups is 2. The zero-order valence-electron chi connectivity index (χ0n) is 23.8. The SMILES string of the molecule is C=CC(=O)Nc1ccc(CCN(C)C)cc1Nc1cc(N(C(=O)Nc2c(Cl)c(OC)cc(OC)c2Cl)C2CC2)ncn1. The van der Waals surface area contributed by atoms with Crippen molar-refractivity contribution in [2.75, 3.05) is 55.7 Å². The topological polar surface area (TPSA) is 121 Å². The first-order valence-corrected chi connectivity index (χ1v) is 13.9. The molecule has 4 rings (SSSR count). The van der Waals surface area contributed by atoms with Crippen molar-refractivity contribution in [1.29, 1.82) is 0 Å². The van der Waals surface area contributed by atoms with Crippen molar-refractivity contribution in [3.63, 3.8) is 0 Å². The summed E-state index contributed by atoms with van der Waals surface area (Å²) < 4.78 is 10.6. The van der Waals surface area contributed by atoms with E-state index in [0.29, 0.717) is 34.5 Å². The van der Waals surface area contributed by atoms with Gasteiger partial charge in [0, 0.05) is 24.7 Å². The summed E-state index contributed by atoms with van der Waals surface area (Å²) in [4.78, 5) is 38.1. The Hall–Kier alpha value is -4.06. The summed E-state index contributed by atoms with van der Waals surface area (Å²) >= 11 is 13.0. The third kappa shape index (κ3) is 7.41. The second-order valence-electron chi connectivity index (χ2n) is 9.83. The number of nitrogens with zero attached hydrogens (tertiary/aromatic N) is 4. The third-order valence-electron chi connectivity index (χ3n) is 6.47. The lowest BCUT2D eigenvalue weighted by atomic mass is 10.1. The Morgan fingerprint density at radius 2 is 1.71 bits per heavy atom. The van der Waals surface area contributed by atoms with Gasteiger partial charge in [0.1, 0.15) is 39.5 Å². The molecule has 0 saturated heterocycles.